The summed E-state index contributed by atoms with van der Waals surface area (Å²) in [4.78, 5) is 36.6. The molecule has 0 saturated carbocycles. The van der Waals surface area contributed by atoms with Crippen molar-refractivity contribution in [3.8, 4) is 0 Å². The van der Waals surface area contributed by atoms with Crippen LogP contribution in [0.4, 0.5) is 11.4 Å². The SMILES string of the molecule is COCCOCCOCCOCCC1(C)\C(=C/C=C/C=C/C=C/C2=[N+](CCOC)c3ccc4c(S(=O)(=O)O)cc(S(=O)(=O)O)cc4c3C2(C)CCCS(=O)(=O)O)N(CCCCCC(=O)NCCN2C(=O)C=CC2=O)c2ccc3c(S(=O)(=O)O)cc(S(=O)(=O)O)cc3c21. The molecule has 0 fully saturated rings. The Hall–Kier alpha value is -6.47. The number of allylic oxidation sites excluding steroid dienone is 8. The molecule has 502 valence electrons. The van der Waals surface area contributed by atoms with Crippen molar-refractivity contribution in [1.29, 1.82) is 0 Å². The number of imide groups is 1. The summed E-state index contributed by atoms with van der Waals surface area (Å²) >= 11 is 0. The van der Waals surface area contributed by atoms with Crippen LogP contribution >= 0.6 is 0 Å². The molecule has 27 nitrogen and oxygen atoms in total. The average Bonchev–Trinajstić information content (AvgIpc) is 1.53. The monoisotopic (exact) mass is 1380 g/mol. The molecule has 0 saturated heterocycles. The lowest BCUT2D eigenvalue weighted by Gasteiger charge is -2.31. The molecule has 92 heavy (non-hydrogen) atoms. The van der Waals surface area contributed by atoms with E-state index >= 15 is 0 Å². The molecule has 0 aliphatic carbocycles. The van der Waals surface area contributed by atoms with Crippen LogP contribution in [0.3, 0.4) is 0 Å². The van der Waals surface area contributed by atoms with Crippen LogP contribution in [-0.2, 0) is 99.5 Å². The number of amides is 3. The second-order valence-corrected chi connectivity index (χ2v) is 29.4. The van der Waals surface area contributed by atoms with Crippen molar-refractivity contribution in [2.24, 2.45) is 0 Å². The normalized spacial score (nSPS) is 18.6. The number of hydrogen-bond acceptors (Lipinski definition) is 19. The topological polar surface area (TPSA) is 391 Å². The van der Waals surface area contributed by atoms with E-state index in [0.29, 0.717) is 85.1 Å². The molecule has 0 radical (unpaired) electrons. The number of nitrogens with one attached hydrogen (secondary N) is 1. The van der Waals surface area contributed by atoms with Gasteiger partial charge in [0.2, 0.25) is 11.6 Å². The molecule has 3 amide bonds. The van der Waals surface area contributed by atoms with Crippen LogP contribution in [0.15, 0.2) is 128 Å². The number of rotatable bonds is 36. The van der Waals surface area contributed by atoms with Crippen molar-refractivity contribution in [3.63, 3.8) is 0 Å². The van der Waals surface area contributed by atoms with Gasteiger partial charge < -0.3 is 33.9 Å². The highest BCUT2D eigenvalue weighted by Crippen LogP contribution is 2.54. The maximum Gasteiger partial charge on any atom is 0.295 e. The third kappa shape index (κ3) is 17.9. The molecule has 3 heterocycles. The molecule has 4 aromatic rings. The Morgan fingerprint density at radius 2 is 1.11 bits per heavy atom. The molecule has 2 atom stereocenters. The minimum absolute atomic E-state index is 0.000773. The predicted molar refractivity (Wildman–Crippen MR) is 338 cm³/mol. The second-order valence-electron chi connectivity index (χ2n) is 22.2. The zero-order valence-corrected chi connectivity index (χ0v) is 55.0. The molecule has 2 unspecified atom stereocenters. The fraction of sp³-hybridized carbons (Fsp3) is 0.433. The summed E-state index contributed by atoms with van der Waals surface area (Å²) < 4.78 is 207. The predicted octanol–water partition coefficient (Wildman–Crippen LogP) is 5.67. The summed E-state index contributed by atoms with van der Waals surface area (Å²) in [6, 6.07) is 9.49. The number of benzene rings is 4. The van der Waals surface area contributed by atoms with E-state index in [1.807, 2.05) is 16.4 Å². The standard InChI is InChI=1S/C60H74N4O23S5/c1-59(23-13-37-88(68,69)70)52(63(28-30-83-3)49-20-18-44-46(57(49)59)38-42(89(71,72)73)40-50(44)91(77,78)79)14-9-6-5-7-10-15-53-60(2,24-29-85-33-34-87-36-35-86-32-31-84-4)58-47-39-43(90(74,75)76)41-51(92(80,81)82)45(47)17-19-48(58)62(53)26-12-8-11-16-54(65)61-25-27-64-55(66)21-22-56(64)67/h5-7,9-10,14-15,17-22,38-41H,8,11-13,16,23-37H2,1-4H3,(H5-,61,65,68,69,70,71,72,73,74,75,76,77,78,79,80,81,82)/p+1. The Morgan fingerprint density at radius 1 is 0.565 bits per heavy atom. The van der Waals surface area contributed by atoms with E-state index in [2.05, 4.69) is 5.32 Å². The molecule has 3 aliphatic rings. The quantitative estimate of drug-likeness (QED) is 0.0105. The van der Waals surface area contributed by atoms with E-state index in [0.717, 1.165) is 29.2 Å². The van der Waals surface area contributed by atoms with Gasteiger partial charge in [-0.3, -0.25) is 42.0 Å². The first-order chi connectivity index (χ1) is 43.3. The van der Waals surface area contributed by atoms with Crippen molar-refractivity contribution < 1.29 is 107 Å². The van der Waals surface area contributed by atoms with Gasteiger partial charge >= 0.3 is 0 Å². The number of unbranched alkanes of at least 4 members (excludes halogenated alkanes) is 2. The van der Waals surface area contributed by atoms with Crippen LogP contribution in [0.2, 0.25) is 0 Å². The zero-order valence-electron chi connectivity index (χ0n) is 50.9. The van der Waals surface area contributed by atoms with Gasteiger partial charge in [0.15, 0.2) is 12.3 Å². The molecule has 0 bridgehead atoms. The highest BCUT2D eigenvalue weighted by molar-refractivity contribution is 7.87. The van der Waals surface area contributed by atoms with Gasteiger partial charge in [-0.2, -0.15) is 46.7 Å². The molecule has 7 rings (SSSR count). The smallest absolute Gasteiger partial charge is 0.295 e. The Balaban J connectivity index is 1.26. The largest absolute Gasteiger partial charge is 0.382 e. The first kappa shape index (κ1) is 72.9. The molecule has 0 aromatic heterocycles. The number of carbonyl (C=O) groups excluding carboxylic acids is 3. The molecule has 0 spiro atoms. The van der Waals surface area contributed by atoms with Gasteiger partial charge in [-0.15, -0.1) is 0 Å². The Kier molecular flexibility index (Phi) is 24.4. The first-order valence-corrected chi connectivity index (χ1v) is 36.4. The zero-order chi connectivity index (χ0) is 67.5. The fourth-order valence-corrected chi connectivity index (χ4v) is 14.9. The van der Waals surface area contributed by atoms with Crippen LogP contribution in [0.5, 0.6) is 0 Å². The van der Waals surface area contributed by atoms with Crippen molar-refractivity contribution >= 4 is 107 Å². The van der Waals surface area contributed by atoms with E-state index in [1.54, 1.807) is 68.7 Å². The number of hydrogen-bond donors (Lipinski definition) is 6. The minimum Gasteiger partial charge on any atom is -0.382 e. The van der Waals surface area contributed by atoms with Crippen LogP contribution in [-0.4, -0.2) is 197 Å². The highest BCUT2D eigenvalue weighted by atomic mass is 32.2. The summed E-state index contributed by atoms with van der Waals surface area (Å²) in [7, 11) is -21.9. The van der Waals surface area contributed by atoms with Crippen LogP contribution < -0.4 is 10.2 Å². The van der Waals surface area contributed by atoms with Gasteiger partial charge in [-0.25, -0.2) is 0 Å². The lowest BCUT2D eigenvalue weighted by atomic mass is 9.74. The number of ether oxygens (including phenoxy) is 5. The van der Waals surface area contributed by atoms with Crippen LogP contribution in [0.1, 0.15) is 69.9 Å². The summed E-state index contributed by atoms with van der Waals surface area (Å²) in [5.74, 6) is -1.93. The summed E-state index contributed by atoms with van der Waals surface area (Å²) in [5, 5.41) is 2.66. The molecule has 32 heteroatoms. The lowest BCUT2D eigenvalue weighted by molar-refractivity contribution is -0.441. The molecule has 6 N–H and O–H groups in total. The van der Waals surface area contributed by atoms with Gasteiger partial charge in [0.1, 0.15) is 16.4 Å². The summed E-state index contributed by atoms with van der Waals surface area (Å²) in [6.45, 7) is 6.02. The lowest BCUT2D eigenvalue weighted by Crippen LogP contribution is -2.38. The third-order valence-electron chi connectivity index (χ3n) is 16.0. The fourth-order valence-electron chi connectivity index (χ4n) is 11.7. The average molecular weight is 1380 g/mol. The van der Waals surface area contributed by atoms with Crippen molar-refractivity contribution in [3.05, 3.63) is 120 Å². The third-order valence-corrected chi connectivity index (χ3v) is 20.2. The van der Waals surface area contributed by atoms with E-state index in [4.69, 9.17) is 23.7 Å². The molecule has 4 aromatic carbocycles. The summed E-state index contributed by atoms with van der Waals surface area (Å²) in [5.41, 5.74) is 0.371. The number of nitrogens with zero attached hydrogens (tertiary/aromatic N) is 3. The molecular formula is C60H75N4O23S5+. The van der Waals surface area contributed by atoms with Gasteiger partial charge in [-0.05, 0) is 105 Å². The van der Waals surface area contributed by atoms with Crippen LogP contribution in [0.25, 0.3) is 21.5 Å². The Morgan fingerprint density at radius 3 is 1.67 bits per heavy atom. The number of fused-ring (bicyclic) bond motifs is 6. The Bertz CT molecular complexity index is 4240. The van der Waals surface area contributed by atoms with Gasteiger partial charge in [0, 0.05) is 104 Å². The highest BCUT2D eigenvalue weighted by Gasteiger charge is 2.50. The summed E-state index contributed by atoms with van der Waals surface area (Å²) in [6.07, 6.45) is 15.7. The van der Waals surface area contributed by atoms with E-state index < -0.39 is 98.6 Å². The Labute approximate surface area is 534 Å². The van der Waals surface area contributed by atoms with Gasteiger partial charge in [0.25, 0.3) is 62.4 Å². The maximum atomic E-state index is 13.0. The van der Waals surface area contributed by atoms with Gasteiger partial charge in [-0.1, -0.05) is 42.9 Å². The number of carbonyl (C=O) groups is 3. The van der Waals surface area contributed by atoms with E-state index in [9.17, 15) is 79.2 Å². The first-order valence-electron chi connectivity index (χ1n) is 29.0. The number of anilines is 1. The second kappa shape index (κ2) is 30.7. The van der Waals surface area contributed by atoms with Crippen molar-refractivity contribution in [1.82, 2.24) is 10.2 Å². The molecule has 3 aliphatic heterocycles. The van der Waals surface area contributed by atoms with Crippen molar-refractivity contribution in [2.75, 3.05) is 104 Å². The maximum absolute atomic E-state index is 13.0. The van der Waals surface area contributed by atoms with Crippen molar-refractivity contribution in [2.45, 2.75) is 89.2 Å². The molecular weight excluding hydrogens is 1300 g/mol. The van der Waals surface area contributed by atoms with E-state index in [1.165, 1.54) is 19.2 Å². The number of methoxy groups -OCH3 is 2. The van der Waals surface area contributed by atoms with Crippen LogP contribution in [0, 0.1) is 0 Å². The minimum atomic E-state index is -5.11. The van der Waals surface area contributed by atoms with Gasteiger partial charge in [0.05, 0.1) is 60.6 Å². The van der Waals surface area contributed by atoms with E-state index in [-0.39, 0.29) is 112 Å².